The van der Waals surface area contributed by atoms with Crippen LogP contribution in [0.1, 0.15) is 52.9 Å². The molecule has 1 N–H and O–H groups in total. The third-order valence-electron chi connectivity index (χ3n) is 3.69. The van der Waals surface area contributed by atoms with E-state index < -0.39 is 5.60 Å². The molecule has 0 unspecified atom stereocenters. The van der Waals surface area contributed by atoms with Crippen molar-refractivity contribution in [2.45, 2.75) is 64.0 Å². The van der Waals surface area contributed by atoms with Crippen LogP contribution in [0.4, 0.5) is 4.79 Å². The Kier molecular flexibility index (Phi) is 3.74. The molecule has 5 heteroatoms. The first-order chi connectivity index (χ1) is 8.80. The number of hydrogen-bond donors (Lipinski definition) is 1. The van der Waals surface area contributed by atoms with Crippen LogP contribution >= 0.6 is 0 Å². The lowest BCUT2D eigenvalue weighted by atomic mass is 9.81. The predicted octanol–water partition coefficient (Wildman–Crippen LogP) is 2.06. The molecule has 0 aromatic carbocycles. The summed E-state index contributed by atoms with van der Waals surface area (Å²) in [6, 6.07) is 0. The molecule has 0 saturated carbocycles. The Bertz CT molecular complexity index is 371. The highest BCUT2D eigenvalue weighted by Crippen LogP contribution is 2.30. The molecule has 0 aromatic rings. The quantitative estimate of drug-likeness (QED) is 0.731. The molecule has 2 fully saturated rings. The number of ether oxygens (including phenoxy) is 1. The summed E-state index contributed by atoms with van der Waals surface area (Å²) in [7, 11) is 0. The number of amides is 2. The van der Waals surface area contributed by atoms with Crippen LogP contribution < -0.4 is 5.32 Å². The van der Waals surface area contributed by atoms with E-state index in [9.17, 15) is 9.59 Å². The van der Waals surface area contributed by atoms with Gasteiger partial charge in [-0.25, -0.2) is 4.79 Å². The van der Waals surface area contributed by atoms with Gasteiger partial charge < -0.3 is 15.0 Å². The summed E-state index contributed by atoms with van der Waals surface area (Å²) in [5.41, 5.74) is -0.692. The van der Waals surface area contributed by atoms with E-state index >= 15 is 0 Å². The molecular formula is C14H24N2O3. The first kappa shape index (κ1) is 14.2. The molecule has 2 rings (SSSR count). The maximum absolute atomic E-state index is 12.1. The van der Waals surface area contributed by atoms with E-state index in [1.807, 2.05) is 20.8 Å². The number of carbonyl (C=O) groups is 2. The Labute approximate surface area is 114 Å². The highest BCUT2D eigenvalue weighted by atomic mass is 16.6. The van der Waals surface area contributed by atoms with Crippen LogP contribution in [-0.4, -0.2) is 41.1 Å². The second-order valence-corrected chi connectivity index (χ2v) is 6.69. The summed E-state index contributed by atoms with van der Waals surface area (Å²) in [6.45, 7) is 6.90. The zero-order valence-electron chi connectivity index (χ0n) is 12.1. The van der Waals surface area contributed by atoms with Crippen molar-refractivity contribution < 1.29 is 14.3 Å². The number of likely N-dealkylation sites (tertiary alicyclic amines) is 1. The van der Waals surface area contributed by atoms with Crippen LogP contribution in [-0.2, 0) is 9.53 Å². The first-order valence-corrected chi connectivity index (χ1v) is 7.09. The van der Waals surface area contributed by atoms with Crippen LogP contribution in [0, 0.1) is 0 Å². The summed E-state index contributed by atoms with van der Waals surface area (Å²) >= 11 is 0. The molecule has 1 atom stereocenters. The summed E-state index contributed by atoms with van der Waals surface area (Å²) in [5, 5.41) is 3.09. The fourth-order valence-corrected chi connectivity index (χ4v) is 2.93. The van der Waals surface area contributed by atoms with E-state index in [1.54, 1.807) is 4.90 Å². The molecule has 0 radical (unpaired) electrons. The van der Waals surface area contributed by atoms with E-state index in [0.29, 0.717) is 19.5 Å². The minimum atomic E-state index is -0.475. The summed E-state index contributed by atoms with van der Waals surface area (Å²) in [5.74, 6) is 0.109. The van der Waals surface area contributed by atoms with Gasteiger partial charge in [0.05, 0.1) is 5.54 Å². The Balaban J connectivity index is 2.00. The van der Waals surface area contributed by atoms with Crippen molar-refractivity contribution >= 4 is 12.0 Å². The number of nitrogens with zero attached hydrogens (tertiary/aromatic N) is 1. The predicted molar refractivity (Wildman–Crippen MR) is 71.8 cm³/mol. The number of nitrogens with one attached hydrogen (secondary N) is 1. The smallest absolute Gasteiger partial charge is 0.410 e. The van der Waals surface area contributed by atoms with Crippen molar-refractivity contribution in [2.75, 3.05) is 13.1 Å². The lowest BCUT2D eigenvalue weighted by Crippen LogP contribution is -2.61. The molecule has 1 spiro atoms. The summed E-state index contributed by atoms with van der Waals surface area (Å²) in [6.07, 6.45) is 4.07. The van der Waals surface area contributed by atoms with Gasteiger partial charge in [-0.05, 0) is 46.5 Å². The van der Waals surface area contributed by atoms with Gasteiger partial charge in [0, 0.05) is 19.5 Å². The standard InChI is InChI=1S/C14H24N2O3/c1-13(2,3)19-12(18)16-9-5-8-14(10-16)7-4-6-11(17)15-14/h4-10H2,1-3H3,(H,15,17)/t14-/m1/s1. The molecule has 2 aliphatic heterocycles. The van der Waals surface area contributed by atoms with Gasteiger partial charge in [-0.15, -0.1) is 0 Å². The molecule has 2 saturated heterocycles. The van der Waals surface area contributed by atoms with Crippen LogP contribution in [0.25, 0.3) is 0 Å². The van der Waals surface area contributed by atoms with Gasteiger partial charge in [0.2, 0.25) is 5.91 Å². The molecule has 2 heterocycles. The Morgan fingerprint density at radius 2 is 2.00 bits per heavy atom. The monoisotopic (exact) mass is 268 g/mol. The van der Waals surface area contributed by atoms with Crippen molar-refractivity contribution in [3.8, 4) is 0 Å². The Hall–Kier alpha value is -1.26. The molecule has 5 nitrogen and oxygen atoms in total. The largest absolute Gasteiger partial charge is 0.444 e. The van der Waals surface area contributed by atoms with Crippen molar-refractivity contribution in [3.63, 3.8) is 0 Å². The van der Waals surface area contributed by atoms with Crippen molar-refractivity contribution in [1.82, 2.24) is 10.2 Å². The maximum Gasteiger partial charge on any atom is 0.410 e. The van der Waals surface area contributed by atoms with E-state index in [-0.39, 0.29) is 17.5 Å². The van der Waals surface area contributed by atoms with Crippen molar-refractivity contribution in [2.24, 2.45) is 0 Å². The fraction of sp³-hybridized carbons (Fsp3) is 0.857. The normalized spacial score (nSPS) is 28.2. The van der Waals surface area contributed by atoms with Crippen LogP contribution in [0.2, 0.25) is 0 Å². The topological polar surface area (TPSA) is 58.6 Å². The van der Waals surface area contributed by atoms with Crippen LogP contribution in [0.3, 0.4) is 0 Å². The van der Waals surface area contributed by atoms with Gasteiger partial charge in [-0.1, -0.05) is 0 Å². The van der Waals surface area contributed by atoms with E-state index in [0.717, 1.165) is 25.7 Å². The maximum atomic E-state index is 12.1. The number of rotatable bonds is 0. The second kappa shape index (κ2) is 5.02. The second-order valence-electron chi connectivity index (χ2n) is 6.69. The first-order valence-electron chi connectivity index (χ1n) is 7.09. The average Bonchev–Trinajstić information content (AvgIpc) is 2.26. The molecule has 2 amide bonds. The molecule has 2 aliphatic rings. The van der Waals surface area contributed by atoms with Crippen LogP contribution in [0.5, 0.6) is 0 Å². The minimum absolute atomic E-state index is 0.109. The lowest BCUT2D eigenvalue weighted by molar-refractivity contribution is -0.126. The summed E-state index contributed by atoms with van der Waals surface area (Å²) in [4.78, 5) is 25.4. The third-order valence-corrected chi connectivity index (χ3v) is 3.69. The van der Waals surface area contributed by atoms with Gasteiger partial charge in [-0.3, -0.25) is 4.79 Å². The van der Waals surface area contributed by atoms with Gasteiger partial charge in [0.25, 0.3) is 0 Å². The molecule has 19 heavy (non-hydrogen) atoms. The molecule has 108 valence electrons. The van der Waals surface area contributed by atoms with Crippen molar-refractivity contribution in [1.29, 1.82) is 0 Å². The molecule has 0 aromatic heterocycles. The van der Waals surface area contributed by atoms with Gasteiger partial charge in [0.15, 0.2) is 0 Å². The van der Waals surface area contributed by atoms with Crippen molar-refractivity contribution in [3.05, 3.63) is 0 Å². The zero-order chi connectivity index (χ0) is 14.1. The van der Waals surface area contributed by atoms with Gasteiger partial charge in [0.1, 0.15) is 5.60 Å². The van der Waals surface area contributed by atoms with Gasteiger partial charge >= 0.3 is 6.09 Å². The number of piperidine rings is 2. The lowest BCUT2D eigenvalue weighted by Gasteiger charge is -2.45. The van der Waals surface area contributed by atoms with E-state index in [2.05, 4.69) is 5.32 Å². The highest BCUT2D eigenvalue weighted by molar-refractivity contribution is 5.78. The Morgan fingerprint density at radius 3 is 2.63 bits per heavy atom. The minimum Gasteiger partial charge on any atom is -0.444 e. The number of carbonyl (C=O) groups excluding carboxylic acids is 2. The zero-order valence-corrected chi connectivity index (χ0v) is 12.1. The molecule has 0 bridgehead atoms. The molecule has 0 aliphatic carbocycles. The van der Waals surface area contributed by atoms with Crippen LogP contribution in [0.15, 0.2) is 0 Å². The fourth-order valence-electron chi connectivity index (χ4n) is 2.93. The Morgan fingerprint density at radius 1 is 1.32 bits per heavy atom. The highest BCUT2D eigenvalue weighted by Gasteiger charge is 2.41. The SMILES string of the molecule is CC(C)(C)OC(=O)N1CCC[C@]2(CCCC(=O)N2)C1. The van der Waals surface area contributed by atoms with E-state index in [1.165, 1.54) is 0 Å². The number of hydrogen-bond acceptors (Lipinski definition) is 3. The van der Waals surface area contributed by atoms with Gasteiger partial charge in [-0.2, -0.15) is 0 Å². The average molecular weight is 268 g/mol. The summed E-state index contributed by atoms with van der Waals surface area (Å²) < 4.78 is 5.41. The molecular weight excluding hydrogens is 244 g/mol. The third kappa shape index (κ3) is 3.61. The van der Waals surface area contributed by atoms with E-state index in [4.69, 9.17) is 4.74 Å².